The van der Waals surface area contributed by atoms with Gasteiger partial charge in [-0.25, -0.2) is 0 Å². The van der Waals surface area contributed by atoms with Gasteiger partial charge in [-0.3, -0.25) is 0 Å². The van der Waals surface area contributed by atoms with Crippen molar-refractivity contribution in [2.45, 2.75) is 38.2 Å². The van der Waals surface area contributed by atoms with E-state index < -0.39 is 0 Å². The molecule has 0 atom stereocenters. The topological polar surface area (TPSA) is 12.0 Å². The zero-order chi connectivity index (χ0) is 10.6. The highest BCUT2D eigenvalue weighted by molar-refractivity contribution is 9.08. The molecule has 0 aromatic heterocycles. The molecule has 0 fully saturated rings. The van der Waals surface area contributed by atoms with Gasteiger partial charge < -0.3 is 5.32 Å². The molecule has 78 valence electrons. The summed E-state index contributed by atoms with van der Waals surface area (Å²) >= 11 is 3.46. The maximum Gasteiger partial charge on any atom is 0.0283 e. The molecule has 1 aromatic carbocycles. The van der Waals surface area contributed by atoms with E-state index in [1.807, 2.05) is 0 Å². The van der Waals surface area contributed by atoms with Crippen LogP contribution in [0.2, 0.25) is 0 Å². The van der Waals surface area contributed by atoms with E-state index >= 15 is 0 Å². The molecule has 0 amide bonds. The molecule has 0 heterocycles. The van der Waals surface area contributed by atoms with Crippen molar-refractivity contribution in [3.05, 3.63) is 35.4 Å². The van der Waals surface area contributed by atoms with E-state index in [4.69, 9.17) is 0 Å². The quantitative estimate of drug-likeness (QED) is 0.816. The Morgan fingerprint density at radius 3 is 2.43 bits per heavy atom. The van der Waals surface area contributed by atoms with Crippen molar-refractivity contribution in [3.8, 4) is 0 Å². The van der Waals surface area contributed by atoms with Gasteiger partial charge in [-0.15, -0.1) is 0 Å². The maximum atomic E-state index is 3.47. The van der Waals surface area contributed by atoms with Gasteiger partial charge in [0.1, 0.15) is 0 Å². The van der Waals surface area contributed by atoms with Gasteiger partial charge in [0, 0.05) is 17.4 Å². The summed E-state index contributed by atoms with van der Waals surface area (Å²) in [5.41, 5.74) is 2.86. The second-order valence-electron chi connectivity index (χ2n) is 4.56. The Labute approximate surface area is 95.0 Å². The molecule has 0 aliphatic heterocycles. The normalized spacial score (nSPS) is 11.7. The average molecular weight is 256 g/mol. The lowest BCUT2D eigenvalue weighted by atomic mass is 10.1. The Morgan fingerprint density at radius 2 is 1.86 bits per heavy atom. The first kappa shape index (κ1) is 11.7. The molecule has 1 nitrogen and oxygen atoms in total. The number of hydrogen-bond donors (Lipinski definition) is 1. The fourth-order valence-corrected chi connectivity index (χ4v) is 1.54. The molecule has 0 bridgehead atoms. The number of hydrogen-bond acceptors (Lipinski definition) is 1. The third kappa shape index (κ3) is 4.25. The lowest BCUT2D eigenvalue weighted by Crippen LogP contribution is -2.35. The monoisotopic (exact) mass is 255 g/mol. The molecule has 0 aliphatic carbocycles. The second-order valence-corrected chi connectivity index (χ2v) is 5.12. The van der Waals surface area contributed by atoms with Crippen molar-refractivity contribution in [2.24, 2.45) is 0 Å². The minimum atomic E-state index is 0.185. The predicted octanol–water partition coefficient (Wildman–Crippen LogP) is 3.47. The summed E-state index contributed by atoms with van der Waals surface area (Å²) in [5, 5.41) is 4.40. The first-order valence-electron chi connectivity index (χ1n) is 4.90. The number of alkyl halides is 1. The molecule has 14 heavy (non-hydrogen) atoms. The average Bonchev–Trinajstić information content (AvgIpc) is 2.14. The number of halogens is 1. The molecule has 1 aromatic rings. The van der Waals surface area contributed by atoms with Crippen LogP contribution in [0.1, 0.15) is 31.9 Å². The van der Waals surface area contributed by atoms with Crippen molar-refractivity contribution < 1.29 is 0 Å². The van der Waals surface area contributed by atoms with Gasteiger partial charge in [-0.2, -0.15) is 0 Å². The Hall–Kier alpha value is -0.340. The zero-order valence-corrected chi connectivity index (χ0v) is 10.7. The van der Waals surface area contributed by atoms with Crippen LogP contribution in [-0.2, 0) is 11.9 Å². The highest BCUT2D eigenvalue weighted by Gasteiger charge is 2.07. The Balaban J connectivity index is 2.59. The first-order valence-corrected chi connectivity index (χ1v) is 6.02. The van der Waals surface area contributed by atoms with E-state index in [2.05, 4.69) is 66.3 Å². The number of nitrogens with one attached hydrogen (secondary N) is 1. The predicted molar refractivity (Wildman–Crippen MR) is 65.7 cm³/mol. The van der Waals surface area contributed by atoms with Gasteiger partial charge in [-0.1, -0.05) is 40.2 Å². The summed E-state index contributed by atoms with van der Waals surface area (Å²) in [6.07, 6.45) is 0. The lowest BCUT2D eigenvalue weighted by Gasteiger charge is -2.20. The van der Waals surface area contributed by atoms with Gasteiger partial charge in [0.25, 0.3) is 0 Å². The van der Waals surface area contributed by atoms with E-state index in [0.29, 0.717) is 0 Å². The fraction of sp³-hybridized carbons (Fsp3) is 0.500. The van der Waals surface area contributed by atoms with Crippen LogP contribution in [0.4, 0.5) is 0 Å². The molecule has 1 N–H and O–H groups in total. The van der Waals surface area contributed by atoms with Gasteiger partial charge in [-0.05, 0) is 31.9 Å². The largest absolute Gasteiger partial charge is 0.308 e. The van der Waals surface area contributed by atoms with Crippen molar-refractivity contribution in [3.63, 3.8) is 0 Å². The Kier molecular flexibility index (Phi) is 4.14. The van der Waals surface area contributed by atoms with E-state index in [1.54, 1.807) is 0 Å². The van der Waals surface area contributed by atoms with Crippen LogP contribution in [0, 0.1) is 0 Å². The third-order valence-corrected chi connectivity index (χ3v) is 2.62. The fourth-order valence-electron chi connectivity index (χ4n) is 1.19. The summed E-state index contributed by atoms with van der Waals surface area (Å²) in [4.78, 5) is 0. The second kappa shape index (κ2) is 4.94. The highest BCUT2D eigenvalue weighted by Crippen LogP contribution is 2.10. The van der Waals surface area contributed by atoms with Crippen molar-refractivity contribution in [1.82, 2.24) is 5.32 Å². The van der Waals surface area contributed by atoms with E-state index in [9.17, 15) is 0 Å². The third-order valence-electron chi connectivity index (χ3n) is 1.97. The van der Waals surface area contributed by atoms with Crippen molar-refractivity contribution >= 4 is 15.9 Å². The van der Waals surface area contributed by atoms with Gasteiger partial charge in [0.05, 0.1) is 0 Å². The summed E-state index contributed by atoms with van der Waals surface area (Å²) < 4.78 is 0. The minimum absolute atomic E-state index is 0.185. The molecule has 1 rings (SSSR count). The van der Waals surface area contributed by atoms with Crippen LogP contribution >= 0.6 is 15.9 Å². The Morgan fingerprint density at radius 1 is 1.21 bits per heavy atom. The number of rotatable bonds is 3. The SMILES string of the molecule is CC(C)(C)NCc1cccc(CBr)c1. The molecular weight excluding hydrogens is 238 g/mol. The molecule has 0 saturated carbocycles. The lowest BCUT2D eigenvalue weighted by molar-refractivity contribution is 0.424. The van der Waals surface area contributed by atoms with Crippen LogP contribution in [0.3, 0.4) is 0 Å². The Bertz CT molecular complexity index is 289. The summed E-state index contributed by atoms with van der Waals surface area (Å²) in [6.45, 7) is 7.48. The molecule has 0 unspecified atom stereocenters. The molecular formula is C12H18BrN. The minimum Gasteiger partial charge on any atom is -0.308 e. The smallest absolute Gasteiger partial charge is 0.0283 e. The van der Waals surface area contributed by atoms with E-state index in [1.165, 1.54) is 11.1 Å². The van der Waals surface area contributed by atoms with Crippen LogP contribution in [0.25, 0.3) is 0 Å². The van der Waals surface area contributed by atoms with E-state index in [-0.39, 0.29) is 5.54 Å². The first-order chi connectivity index (χ1) is 6.51. The summed E-state index contributed by atoms with van der Waals surface area (Å²) in [6, 6.07) is 8.63. The van der Waals surface area contributed by atoms with E-state index in [0.717, 1.165) is 11.9 Å². The summed E-state index contributed by atoms with van der Waals surface area (Å²) in [5.74, 6) is 0. The van der Waals surface area contributed by atoms with Gasteiger partial charge in [0.2, 0.25) is 0 Å². The standard InChI is InChI=1S/C12H18BrN/c1-12(2,3)14-9-11-6-4-5-10(7-11)8-13/h4-7,14H,8-9H2,1-3H3. The molecule has 0 radical (unpaired) electrons. The van der Waals surface area contributed by atoms with Gasteiger partial charge in [0.15, 0.2) is 0 Å². The van der Waals surface area contributed by atoms with Gasteiger partial charge >= 0.3 is 0 Å². The number of benzene rings is 1. The van der Waals surface area contributed by atoms with Crippen molar-refractivity contribution in [2.75, 3.05) is 0 Å². The molecule has 0 saturated heterocycles. The van der Waals surface area contributed by atoms with Crippen LogP contribution in [-0.4, -0.2) is 5.54 Å². The maximum absolute atomic E-state index is 3.47. The van der Waals surface area contributed by atoms with Crippen molar-refractivity contribution in [1.29, 1.82) is 0 Å². The zero-order valence-electron chi connectivity index (χ0n) is 9.10. The summed E-state index contributed by atoms with van der Waals surface area (Å²) in [7, 11) is 0. The molecule has 2 heteroatoms. The van der Waals surface area contributed by atoms with Crippen LogP contribution in [0.15, 0.2) is 24.3 Å². The molecule has 0 aliphatic rings. The molecule has 0 spiro atoms. The van der Waals surface area contributed by atoms with Crippen LogP contribution in [0.5, 0.6) is 0 Å². The van der Waals surface area contributed by atoms with Crippen LogP contribution < -0.4 is 5.32 Å². The highest BCUT2D eigenvalue weighted by atomic mass is 79.9.